The second-order valence-corrected chi connectivity index (χ2v) is 6.91. The molecule has 1 heterocycles. The van der Waals surface area contributed by atoms with Gasteiger partial charge in [-0.25, -0.2) is 14.6 Å². The van der Waals surface area contributed by atoms with Crippen molar-refractivity contribution in [1.29, 1.82) is 0 Å². The number of carbonyl (C=O) groups is 3. The van der Waals surface area contributed by atoms with Gasteiger partial charge >= 0.3 is 17.8 Å². The highest BCUT2D eigenvalue weighted by Crippen LogP contribution is 2.17. The third-order valence-corrected chi connectivity index (χ3v) is 4.71. The molecule has 0 fully saturated rings. The number of nitrogens with one attached hydrogen (secondary N) is 2. The van der Waals surface area contributed by atoms with E-state index in [-0.39, 0.29) is 5.69 Å². The van der Waals surface area contributed by atoms with Gasteiger partial charge in [-0.3, -0.25) is 9.59 Å². The van der Waals surface area contributed by atoms with Crippen molar-refractivity contribution in [3.05, 3.63) is 82.3 Å². The predicted molar refractivity (Wildman–Crippen MR) is 111 cm³/mol. The summed E-state index contributed by atoms with van der Waals surface area (Å²) in [7, 11) is 0. The summed E-state index contributed by atoms with van der Waals surface area (Å²) in [6, 6.07) is 15.4. The van der Waals surface area contributed by atoms with E-state index in [1.54, 1.807) is 48.7 Å². The molecule has 7 nitrogen and oxygen atoms in total. The average Bonchev–Trinajstić information content (AvgIpc) is 3.29. The maximum Gasteiger partial charge on any atom is 0.353 e. The maximum absolute atomic E-state index is 13.5. The number of esters is 1. The molecule has 0 aliphatic rings. The number of thiophene rings is 1. The zero-order chi connectivity index (χ0) is 21.5. The van der Waals surface area contributed by atoms with Crippen LogP contribution in [0, 0.1) is 5.82 Å². The fourth-order valence-electron chi connectivity index (χ4n) is 2.31. The Bertz CT molecular complexity index is 1100. The molecule has 9 heteroatoms. The zero-order valence-electron chi connectivity index (χ0n) is 15.7. The third-order valence-electron chi connectivity index (χ3n) is 3.86. The Morgan fingerprint density at radius 3 is 2.37 bits per heavy atom. The largest absolute Gasteiger partial charge is 0.422 e. The first-order valence-corrected chi connectivity index (χ1v) is 9.58. The Hall–Kier alpha value is -3.85. The van der Waals surface area contributed by atoms with E-state index in [2.05, 4.69) is 15.8 Å². The van der Waals surface area contributed by atoms with Gasteiger partial charge in [0.05, 0.1) is 11.4 Å². The fourth-order valence-corrected chi connectivity index (χ4v) is 2.91. The van der Waals surface area contributed by atoms with Crippen LogP contribution in [-0.4, -0.2) is 23.5 Å². The molecule has 2 N–H and O–H groups in total. The van der Waals surface area contributed by atoms with E-state index in [1.165, 1.54) is 29.5 Å². The lowest BCUT2D eigenvalue weighted by Crippen LogP contribution is -2.33. The lowest BCUT2D eigenvalue weighted by atomic mass is 10.1. The van der Waals surface area contributed by atoms with Crippen LogP contribution >= 0.6 is 11.3 Å². The van der Waals surface area contributed by atoms with Crippen molar-refractivity contribution in [2.45, 2.75) is 6.92 Å². The lowest BCUT2D eigenvalue weighted by molar-refractivity contribution is -0.136. The topological polar surface area (TPSA) is 96.9 Å². The first-order chi connectivity index (χ1) is 14.4. The van der Waals surface area contributed by atoms with E-state index in [1.807, 2.05) is 0 Å². The molecule has 3 rings (SSSR count). The van der Waals surface area contributed by atoms with Crippen LogP contribution in [-0.2, 0) is 9.59 Å². The van der Waals surface area contributed by atoms with Gasteiger partial charge in [-0.05, 0) is 60.3 Å². The van der Waals surface area contributed by atoms with E-state index < -0.39 is 23.6 Å². The number of halogens is 1. The smallest absolute Gasteiger partial charge is 0.353 e. The summed E-state index contributed by atoms with van der Waals surface area (Å²) < 4.78 is 18.8. The number of hydrazone groups is 1. The molecule has 0 atom stereocenters. The number of ether oxygens (including phenoxy) is 1. The standard InChI is InChI=1S/C21H16FN3O4S/c1-13(24-25-20(27)19(26)23-17-6-3-2-5-16(17)22)14-8-10-15(11-9-14)29-21(28)18-7-4-12-30-18/h2-12H,1H3,(H,23,26)(H,25,27). The second kappa shape index (κ2) is 9.57. The number of benzene rings is 2. The Balaban J connectivity index is 1.57. The second-order valence-electron chi connectivity index (χ2n) is 5.96. The van der Waals surface area contributed by atoms with Crippen molar-refractivity contribution in [2.75, 3.05) is 5.32 Å². The van der Waals surface area contributed by atoms with Crippen LogP contribution in [0.5, 0.6) is 5.75 Å². The van der Waals surface area contributed by atoms with Crippen molar-refractivity contribution in [3.63, 3.8) is 0 Å². The van der Waals surface area contributed by atoms with Gasteiger partial charge in [0.2, 0.25) is 0 Å². The first-order valence-electron chi connectivity index (χ1n) is 8.70. The van der Waals surface area contributed by atoms with Crippen LogP contribution in [0.4, 0.5) is 10.1 Å². The van der Waals surface area contributed by atoms with Gasteiger partial charge in [0.15, 0.2) is 0 Å². The molecule has 0 spiro atoms. The summed E-state index contributed by atoms with van der Waals surface area (Å²) >= 11 is 1.28. The Labute approximate surface area is 175 Å². The minimum atomic E-state index is -1.05. The SMILES string of the molecule is CC(=NNC(=O)C(=O)Nc1ccccc1F)c1ccc(OC(=O)c2cccs2)cc1. The molecule has 3 aromatic rings. The Morgan fingerprint density at radius 1 is 0.967 bits per heavy atom. The van der Waals surface area contributed by atoms with Crippen molar-refractivity contribution in [3.8, 4) is 5.75 Å². The summed E-state index contributed by atoms with van der Waals surface area (Å²) in [5, 5.41) is 7.82. The lowest BCUT2D eigenvalue weighted by Gasteiger charge is -2.06. The monoisotopic (exact) mass is 425 g/mol. The molecular formula is C21H16FN3O4S. The van der Waals surface area contributed by atoms with Crippen molar-refractivity contribution in [2.24, 2.45) is 5.10 Å². The number of anilines is 1. The van der Waals surface area contributed by atoms with Gasteiger partial charge in [0.1, 0.15) is 16.4 Å². The Kier molecular flexibility index (Phi) is 6.66. The number of amides is 2. The molecule has 0 radical (unpaired) electrons. The molecule has 152 valence electrons. The highest BCUT2D eigenvalue weighted by molar-refractivity contribution is 7.12. The minimum absolute atomic E-state index is 0.106. The van der Waals surface area contributed by atoms with Crippen LogP contribution in [0.2, 0.25) is 0 Å². The van der Waals surface area contributed by atoms with Crippen LogP contribution in [0.1, 0.15) is 22.2 Å². The van der Waals surface area contributed by atoms with E-state index in [4.69, 9.17) is 4.74 Å². The molecule has 0 saturated carbocycles. The molecule has 2 amide bonds. The number of para-hydroxylation sites is 1. The molecule has 0 unspecified atom stereocenters. The minimum Gasteiger partial charge on any atom is -0.422 e. The van der Waals surface area contributed by atoms with E-state index in [9.17, 15) is 18.8 Å². The Morgan fingerprint density at radius 2 is 1.70 bits per heavy atom. The summed E-state index contributed by atoms with van der Waals surface area (Å²) in [5.74, 6) is -2.83. The normalized spacial score (nSPS) is 10.9. The third kappa shape index (κ3) is 5.36. The molecule has 0 bridgehead atoms. The van der Waals surface area contributed by atoms with Gasteiger partial charge in [-0.2, -0.15) is 5.10 Å². The molecular weight excluding hydrogens is 409 g/mol. The zero-order valence-corrected chi connectivity index (χ0v) is 16.5. The summed E-state index contributed by atoms with van der Waals surface area (Å²) in [4.78, 5) is 36.2. The summed E-state index contributed by atoms with van der Waals surface area (Å²) in [6.45, 7) is 1.63. The van der Waals surface area contributed by atoms with Crippen LogP contribution in [0.3, 0.4) is 0 Å². The molecule has 30 heavy (non-hydrogen) atoms. The summed E-state index contributed by atoms with van der Waals surface area (Å²) in [6.07, 6.45) is 0. The van der Waals surface area contributed by atoms with Gasteiger partial charge in [0.25, 0.3) is 0 Å². The highest BCUT2D eigenvalue weighted by atomic mass is 32.1. The first kappa shape index (κ1) is 20.9. The van der Waals surface area contributed by atoms with Crippen LogP contribution in [0.25, 0.3) is 0 Å². The molecule has 2 aromatic carbocycles. The molecule has 1 aromatic heterocycles. The number of hydrogen-bond donors (Lipinski definition) is 2. The van der Waals surface area contributed by atoms with Gasteiger partial charge in [-0.1, -0.05) is 18.2 Å². The number of hydrogen-bond acceptors (Lipinski definition) is 6. The number of carbonyl (C=O) groups excluding carboxylic acids is 3. The van der Waals surface area contributed by atoms with E-state index >= 15 is 0 Å². The number of rotatable bonds is 5. The predicted octanol–water partition coefficient (Wildman–Crippen LogP) is 3.59. The van der Waals surface area contributed by atoms with Crippen LogP contribution < -0.4 is 15.5 Å². The highest BCUT2D eigenvalue weighted by Gasteiger charge is 2.15. The van der Waals surface area contributed by atoms with Gasteiger partial charge in [-0.15, -0.1) is 11.3 Å². The quantitative estimate of drug-likeness (QED) is 0.215. The van der Waals surface area contributed by atoms with E-state index in [0.29, 0.717) is 21.9 Å². The van der Waals surface area contributed by atoms with Crippen molar-refractivity contribution < 1.29 is 23.5 Å². The van der Waals surface area contributed by atoms with Crippen LogP contribution in [0.15, 0.2) is 71.1 Å². The van der Waals surface area contributed by atoms with Gasteiger partial charge in [0, 0.05) is 0 Å². The molecule has 0 saturated heterocycles. The molecule has 0 aliphatic heterocycles. The summed E-state index contributed by atoms with van der Waals surface area (Å²) in [5.41, 5.74) is 3.07. The number of nitrogens with zero attached hydrogens (tertiary/aromatic N) is 1. The maximum atomic E-state index is 13.5. The van der Waals surface area contributed by atoms with Gasteiger partial charge < -0.3 is 10.1 Å². The molecule has 0 aliphatic carbocycles. The van der Waals surface area contributed by atoms with Crippen molar-refractivity contribution in [1.82, 2.24) is 5.43 Å². The average molecular weight is 425 g/mol. The van der Waals surface area contributed by atoms with E-state index in [0.717, 1.165) is 6.07 Å². The van der Waals surface area contributed by atoms with Crippen molar-refractivity contribution >= 4 is 40.5 Å². The fraction of sp³-hybridized carbons (Fsp3) is 0.0476.